The summed E-state index contributed by atoms with van der Waals surface area (Å²) < 4.78 is 7.13. The second-order valence-corrected chi connectivity index (χ2v) is 7.93. The van der Waals surface area contributed by atoms with Crippen LogP contribution in [-0.4, -0.2) is 44.3 Å². The van der Waals surface area contributed by atoms with Gasteiger partial charge in [-0.25, -0.2) is 4.98 Å². The fourth-order valence-electron chi connectivity index (χ4n) is 4.07. The van der Waals surface area contributed by atoms with E-state index in [1.54, 1.807) is 6.20 Å². The Morgan fingerprint density at radius 3 is 2.88 bits per heavy atom. The molecule has 1 aliphatic carbocycles. The van der Waals surface area contributed by atoms with E-state index in [9.17, 15) is 0 Å². The lowest BCUT2D eigenvalue weighted by atomic mass is 9.89. The van der Waals surface area contributed by atoms with Crippen molar-refractivity contribution >= 4 is 16.8 Å². The summed E-state index contributed by atoms with van der Waals surface area (Å²) >= 11 is 0. The fraction of sp³-hybridized carbons (Fsp3) is 0.632. The van der Waals surface area contributed by atoms with E-state index in [1.807, 2.05) is 6.20 Å². The number of nitrogens with zero attached hydrogens (tertiary/aromatic N) is 4. The number of ether oxygens (including phenoxy) is 1. The molecule has 7 heteroatoms. The number of hydrogen-bond donors (Lipinski definition) is 2. The molecule has 1 saturated carbocycles. The van der Waals surface area contributed by atoms with Crippen LogP contribution in [0.15, 0.2) is 18.5 Å². The molecule has 2 atom stereocenters. The Morgan fingerprint density at radius 1 is 1.38 bits per heavy atom. The molecule has 0 radical (unpaired) electrons. The molecule has 1 aliphatic heterocycles. The zero-order valence-corrected chi connectivity index (χ0v) is 15.6. The van der Waals surface area contributed by atoms with Crippen LogP contribution in [0.4, 0.5) is 0 Å². The van der Waals surface area contributed by atoms with Gasteiger partial charge in [-0.3, -0.25) is 4.40 Å². The van der Waals surface area contributed by atoms with Gasteiger partial charge in [-0.05, 0) is 24.8 Å². The van der Waals surface area contributed by atoms with Crippen molar-refractivity contribution in [1.29, 1.82) is 0 Å². The third-order valence-electron chi connectivity index (χ3n) is 5.88. The molecular formula is C19H32N6O. The van der Waals surface area contributed by atoms with E-state index in [4.69, 9.17) is 10.5 Å². The van der Waals surface area contributed by atoms with Crippen molar-refractivity contribution in [1.82, 2.24) is 24.6 Å². The minimum Gasteiger partial charge on any atom is -0.380 e. The van der Waals surface area contributed by atoms with Gasteiger partial charge in [0.25, 0.3) is 0 Å². The number of aromatic amines is 1. The van der Waals surface area contributed by atoms with Crippen molar-refractivity contribution in [3.05, 3.63) is 24.3 Å². The van der Waals surface area contributed by atoms with Crippen molar-refractivity contribution in [3.8, 4) is 0 Å². The molecular weight excluding hydrogens is 328 g/mol. The van der Waals surface area contributed by atoms with Crippen LogP contribution in [0.5, 0.6) is 0 Å². The van der Waals surface area contributed by atoms with Crippen LogP contribution in [0, 0.1) is 11.3 Å². The summed E-state index contributed by atoms with van der Waals surface area (Å²) in [6.07, 6.45) is 8.80. The van der Waals surface area contributed by atoms with Crippen molar-refractivity contribution in [2.24, 2.45) is 17.1 Å². The maximum atomic E-state index is 5.39. The molecule has 3 N–H and O–H groups in total. The fourth-order valence-corrected chi connectivity index (χ4v) is 4.07. The minimum absolute atomic E-state index is 0. The van der Waals surface area contributed by atoms with E-state index in [1.165, 1.54) is 25.7 Å². The summed E-state index contributed by atoms with van der Waals surface area (Å²) in [5.41, 5.74) is 8.54. The van der Waals surface area contributed by atoms with Gasteiger partial charge in [0, 0.05) is 26.9 Å². The number of aromatic nitrogens is 5. The van der Waals surface area contributed by atoms with Crippen LogP contribution in [0.25, 0.3) is 16.8 Å². The normalized spacial score (nSPS) is 24.4. The second kappa shape index (κ2) is 6.96. The SMILES string of the molecule is CC1(CN)COC1.CC[C@@H]1CCCC1c1nnc2cnc3[nH]ccc3n12.[HH].[HH]. The highest BCUT2D eigenvalue weighted by atomic mass is 16.5. The molecule has 1 unspecified atom stereocenters. The first-order valence-electron chi connectivity index (χ1n) is 9.60. The highest BCUT2D eigenvalue weighted by Gasteiger charge is 2.32. The number of H-pyrrole nitrogens is 1. The summed E-state index contributed by atoms with van der Waals surface area (Å²) in [7, 11) is 0. The summed E-state index contributed by atoms with van der Waals surface area (Å²) in [4.78, 5) is 7.53. The molecule has 0 spiro atoms. The van der Waals surface area contributed by atoms with Crippen LogP contribution in [0.3, 0.4) is 0 Å². The highest BCUT2D eigenvalue weighted by molar-refractivity contribution is 5.74. The van der Waals surface area contributed by atoms with Crippen LogP contribution in [0.2, 0.25) is 0 Å². The van der Waals surface area contributed by atoms with E-state index >= 15 is 0 Å². The molecule has 5 rings (SSSR count). The summed E-state index contributed by atoms with van der Waals surface area (Å²) in [6, 6.07) is 2.05. The quantitative estimate of drug-likeness (QED) is 0.747. The van der Waals surface area contributed by atoms with Gasteiger partial charge < -0.3 is 15.5 Å². The monoisotopic (exact) mass is 360 g/mol. The smallest absolute Gasteiger partial charge is 0.179 e. The summed E-state index contributed by atoms with van der Waals surface area (Å²) in [5.74, 6) is 2.40. The first kappa shape index (κ1) is 17.4. The van der Waals surface area contributed by atoms with Gasteiger partial charge in [-0.2, -0.15) is 0 Å². The zero-order chi connectivity index (χ0) is 18.1. The molecule has 0 amide bonds. The molecule has 0 bridgehead atoms. The van der Waals surface area contributed by atoms with Crippen molar-refractivity contribution in [2.45, 2.75) is 45.4 Å². The van der Waals surface area contributed by atoms with Gasteiger partial charge in [0.2, 0.25) is 0 Å². The second-order valence-electron chi connectivity index (χ2n) is 7.93. The van der Waals surface area contributed by atoms with Gasteiger partial charge in [-0.1, -0.05) is 26.7 Å². The van der Waals surface area contributed by atoms with E-state index in [0.29, 0.717) is 11.3 Å². The first-order chi connectivity index (χ1) is 12.6. The lowest BCUT2D eigenvalue weighted by molar-refractivity contribution is -0.0947. The average molecular weight is 361 g/mol. The van der Waals surface area contributed by atoms with Crippen molar-refractivity contribution < 1.29 is 7.59 Å². The van der Waals surface area contributed by atoms with Crippen LogP contribution >= 0.6 is 0 Å². The average Bonchev–Trinajstić information content (AvgIpc) is 3.36. The Balaban J connectivity index is 0.000000269. The third kappa shape index (κ3) is 2.99. The molecule has 0 aromatic carbocycles. The molecule has 3 aromatic heterocycles. The Labute approximate surface area is 156 Å². The van der Waals surface area contributed by atoms with Gasteiger partial charge in [0.05, 0.1) is 24.9 Å². The summed E-state index contributed by atoms with van der Waals surface area (Å²) in [6.45, 7) is 6.87. The Bertz CT molecular complexity index is 885. The molecule has 7 nitrogen and oxygen atoms in total. The molecule has 144 valence electrons. The molecule has 4 heterocycles. The Morgan fingerprint density at radius 2 is 2.23 bits per heavy atom. The van der Waals surface area contributed by atoms with Crippen molar-refractivity contribution in [3.63, 3.8) is 0 Å². The number of hydrogen-bond acceptors (Lipinski definition) is 5. The van der Waals surface area contributed by atoms with Crippen LogP contribution in [0.1, 0.15) is 54.1 Å². The number of rotatable bonds is 3. The maximum absolute atomic E-state index is 5.39. The largest absolute Gasteiger partial charge is 0.380 e. The Kier molecular flexibility index (Phi) is 4.67. The van der Waals surface area contributed by atoms with E-state index < -0.39 is 0 Å². The van der Waals surface area contributed by atoms with E-state index in [0.717, 1.165) is 48.3 Å². The molecule has 2 fully saturated rings. The van der Waals surface area contributed by atoms with E-state index in [-0.39, 0.29) is 2.85 Å². The number of fused-ring (bicyclic) bond motifs is 3. The maximum Gasteiger partial charge on any atom is 0.179 e. The number of nitrogens with one attached hydrogen (secondary N) is 1. The predicted molar refractivity (Wildman–Crippen MR) is 105 cm³/mol. The van der Waals surface area contributed by atoms with Gasteiger partial charge in [0.1, 0.15) is 5.82 Å². The summed E-state index contributed by atoms with van der Waals surface area (Å²) in [5, 5.41) is 8.76. The van der Waals surface area contributed by atoms with Gasteiger partial charge >= 0.3 is 0 Å². The van der Waals surface area contributed by atoms with Crippen LogP contribution < -0.4 is 5.73 Å². The third-order valence-corrected chi connectivity index (χ3v) is 5.88. The highest BCUT2D eigenvalue weighted by Crippen LogP contribution is 2.41. The van der Waals surface area contributed by atoms with Gasteiger partial charge in [0.15, 0.2) is 11.3 Å². The van der Waals surface area contributed by atoms with Gasteiger partial charge in [-0.15, -0.1) is 10.2 Å². The van der Waals surface area contributed by atoms with E-state index in [2.05, 4.69) is 44.5 Å². The minimum atomic E-state index is 0. The lowest BCUT2D eigenvalue weighted by Gasteiger charge is -2.36. The lowest BCUT2D eigenvalue weighted by Crippen LogP contribution is -2.45. The standard InChI is InChI=1S/C14H17N5.C5H11NO.2H2/c1-2-9-4-3-5-10(9)14-18-17-12-8-16-13-11(19(12)14)6-7-15-13;1-5(2-6)3-7-4-5;;/h6-10,15H,2-5H2,1H3;2-4,6H2,1H3;2*1H/t9-,10?;;;/m1.../s1. The molecule has 3 aromatic rings. The molecule has 1 saturated heterocycles. The molecule has 26 heavy (non-hydrogen) atoms. The number of nitrogens with two attached hydrogens (primary N) is 1. The topological polar surface area (TPSA) is 94.1 Å². The van der Waals surface area contributed by atoms with Crippen molar-refractivity contribution in [2.75, 3.05) is 19.8 Å². The zero-order valence-electron chi connectivity index (χ0n) is 15.6. The predicted octanol–water partition coefficient (Wildman–Crippen LogP) is 3.37. The Hall–Kier alpha value is -1.99. The molecule has 2 aliphatic rings. The van der Waals surface area contributed by atoms with Crippen LogP contribution in [-0.2, 0) is 4.74 Å². The first-order valence-corrected chi connectivity index (χ1v) is 9.60.